The van der Waals surface area contributed by atoms with Gasteiger partial charge in [-0.05, 0) is 12.1 Å². The lowest BCUT2D eigenvalue weighted by molar-refractivity contribution is -0.137. The van der Waals surface area contributed by atoms with E-state index in [9.17, 15) is 23.1 Å². The van der Waals surface area contributed by atoms with Crippen LogP contribution in [-0.2, 0) is 15.7 Å². The first-order valence-corrected chi connectivity index (χ1v) is 9.06. The predicted octanol–water partition coefficient (Wildman–Crippen LogP) is 2.09. The lowest BCUT2D eigenvalue weighted by atomic mass is 10.1. The summed E-state index contributed by atoms with van der Waals surface area (Å²) in [6, 6.07) is 4.22. The Bertz CT molecular complexity index is 839. The Kier molecular flexibility index (Phi) is 4.66. The van der Waals surface area contributed by atoms with Gasteiger partial charge < -0.3 is 19.9 Å². The maximum absolute atomic E-state index is 12.6. The molecular formula is C17H15F3N2O4S. The van der Waals surface area contributed by atoms with E-state index in [0.29, 0.717) is 10.6 Å². The largest absolute Gasteiger partial charge is 0.416 e. The van der Waals surface area contributed by atoms with E-state index in [2.05, 4.69) is 10.3 Å². The summed E-state index contributed by atoms with van der Waals surface area (Å²) < 4.78 is 48.8. The molecule has 0 aliphatic carbocycles. The molecule has 1 aromatic heterocycles. The normalized spacial score (nSPS) is 27.6. The lowest BCUT2D eigenvalue weighted by Crippen LogP contribution is -2.44. The highest BCUT2D eigenvalue weighted by molar-refractivity contribution is 7.13. The molecule has 2 N–H and O–H groups in total. The second-order valence-electron chi connectivity index (χ2n) is 6.36. The molecule has 2 fully saturated rings. The first kappa shape index (κ1) is 18.4. The molecule has 2 saturated heterocycles. The molecule has 1 aromatic carbocycles. The Labute approximate surface area is 155 Å². The number of alkyl halides is 3. The van der Waals surface area contributed by atoms with Crippen molar-refractivity contribution in [1.82, 2.24) is 10.3 Å². The van der Waals surface area contributed by atoms with Crippen molar-refractivity contribution in [3.63, 3.8) is 0 Å². The van der Waals surface area contributed by atoms with Gasteiger partial charge >= 0.3 is 6.18 Å². The number of carbonyl (C=O) groups is 1. The Morgan fingerprint density at radius 2 is 1.89 bits per heavy atom. The molecule has 4 rings (SSSR count). The summed E-state index contributed by atoms with van der Waals surface area (Å²) in [6.45, 7) is 0.393. The fourth-order valence-corrected chi connectivity index (χ4v) is 3.96. The number of nitrogens with one attached hydrogen (secondary N) is 1. The van der Waals surface area contributed by atoms with Crippen LogP contribution in [0.25, 0.3) is 10.6 Å². The summed E-state index contributed by atoms with van der Waals surface area (Å²) in [5.74, 6) is -0.427. The van der Waals surface area contributed by atoms with Gasteiger partial charge in [-0.15, -0.1) is 11.3 Å². The van der Waals surface area contributed by atoms with Crippen LogP contribution in [0.2, 0.25) is 0 Å². The zero-order valence-electron chi connectivity index (χ0n) is 13.8. The average molecular weight is 400 g/mol. The van der Waals surface area contributed by atoms with Crippen molar-refractivity contribution in [3.05, 3.63) is 40.9 Å². The number of nitrogens with zero attached hydrogens (tertiary/aromatic N) is 1. The van der Waals surface area contributed by atoms with Crippen LogP contribution in [0, 0.1) is 0 Å². The zero-order valence-corrected chi connectivity index (χ0v) is 14.6. The van der Waals surface area contributed by atoms with Crippen LogP contribution in [-0.4, -0.2) is 53.6 Å². The van der Waals surface area contributed by atoms with Crippen LogP contribution in [0.1, 0.15) is 16.1 Å². The Balaban J connectivity index is 1.44. The van der Waals surface area contributed by atoms with Gasteiger partial charge in [-0.1, -0.05) is 12.1 Å². The van der Waals surface area contributed by atoms with Gasteiger partial charge in [0.15, 0.2) is 0 Å². The van der Waals surface area contributed by atoms with Crippen molar-refractivity contribution >= 4 is 17.2 Å². The summed E-state index contributed by atoms with van der Waals surface area (Å²) in [5, 5.41) is 14.5. The Morgan fingerprint density at radius 1 is 1.19 bits per heavy atom. The maximum atomic E-state index is 12.6. The van der Waals surface area contributed by atoms with E-state index in [1.807, 2.05) is 0 Å². The molecule has 0 radical (unpaired) electrons. The molecule has 0 bridgehead atoms. The Hall–Kier alpha value is -2.01. The highest BCUT2D eigenvalue weighted by atomic mass is 32.1. The summed E-state index contributed by atoms with van der Waals surface area (Å²) in [4.78, 5) is 16.6. The number of fused-ring (bicyclic) bond motifs is 1. The van der Waals surface area contributed by atoms with Crippen LogP contribution in [0.15, 0.2) is 29.6 Å². The standard InChI is InChI=1S/C17H15F3N2O4S/c18-17(19,20)9-3-1-8(2-4-9)16-22-11(7-27-16)15(24)21-10-5-25-14-12(23)6-26-13(10)14/h1-4,7,10,12-14,23H,5-6H2,(H,21,24)/t10-,12-,13-,14-/m1/s1. The van der Waals surface area contributed by atoms with Crippen LogP contribution in [0.4, 0.5) is 13.2 Å². The van der Waals surface area contributed by atoms with Gasteiger partial charge in [0.05, 0.1) is 24.8 Å². The number of hydrogen-bond donors (Lipinski definition) is 2. The highest BCUT2D eigenvalue weighted by Crippen LogP contribution is 2.32. The van der Waals surface area contributed by atoms with Gasteiger partial charge in [0.2, 0.25) is 0 Å². The number of rotatable bonds is 3. The molecule has 2 aliphatic rings. The molecule has 2 aromatic rings. The number of aliphatic hydroxyl groups is 1. The minimum absolute atomic E-state index is 0.163. The third kappa shape index (κ3) is 3.57. The van der Waals surface area contributed by atoms with E-state index in [1.165, 1.54) is 23.5 Å². The van der Waals surface area contributed by atoms with Gasteiger partial charge in [-0.25, -0.2) is 4.98 Å². The molecule has 1 amide bonds. The number of ether oxygens (including phenoxy) is 2. The first-order valence-electron chi connectivity index (χ1n) is 8.18. The fraction of sp³-hybridized carbons (Fsp3) is 0.412. The minimum atomic E-state index is -4.40. The fourth-order valence-electron chi connectivity index (χ4n) is 3.16. The summed E-state index contributed by atoms with van der Waals surface area (Å²) in [5.41, 5.74) is -0.0780. The van der Waals surface area contributed by atoms with Gasteiger partial charge in [0.1, 0.15) is 29.0 Å². The van der Waals surface area contributed by atoms with Crippen LogP contribution >= 0.6 is 11.3 Å². The second kappa shape index (κ2) is 6.86. The number of carbonyl (C=O) groups excluding carboxylic acids is 1. The lowest BCUT2D eigenvalue weighted by Gasteiger charge is -2.16. The zero-order chi connectivity index (χ0) is 19.2. The van der Waals surface area contributed by atoms with E-state index in [4.69, 9.17) is 9.47 Å². The van der Waals surface area contributed by atoms with E-state index >= 15 is 0 Å². The van der Waals surface area contributed by atoms with Crippen LogP contribution in [0.5, 0.6) is 0 Å². The molecule has 2 aliphatic heterocycles. The summed E-state index contributed by atoms with van der Waals surface area (Å²) >= 11 is 1.17. The SMILES string of the molecule is O=C(N[C@@H]1CO[C@H]2[C@@H]1OC[C@H]2O)c1csc(-c2ccc(C(F)(F)F)cc2)n1. The van der Waals surface area contributed by atoms with Gasteiger partial charge in [0, 0.05) is 10.9 Å². The van der Waals surface area contributed by atoms with Crippen molar-refractivity contribution in [3.8, 4) is 10.6 Å². The first-order chi connectivity index (χ1) is 12.8. The van der Waals surface area contributed by atoms with Crippen molar-refractivity contribution in [2.24, 2.45) is 0 Å². The number of benzene rings is 1. The minimum Gasteiger partial charge on any atom is -0.388 e. The quantitative estimate of drug-likeness (QED) is 0.825. The van der Waals surface area contributed by atoms with Crippen molar-refractivity contribution in [1.29, 1.82) is 0 Å². The number of hydrogen-bond acceptors (Lipinski definition) is 6. The second-order valence-corrected chi connectivity index (χ2v) is 7.21. The number of thiazole rings is 1. The predicted molar refractivity (Wildman–Crippen MR) is 89.3 cm³/mol. The molecule has 10 heteroatoms. The summed E-state index contributed by atoms with van der Waals surface area (Å²) in [7, 11) is 0. The highest BCUT2D eigenvalue weighted by Gasteiger charge is 2.47. The van der Waals surface area contributed by atoms with Crippen LogP contribution < -0.4 is 5.32 Å². The number of halogens is 3. The molecule has 27 heavy (non-hydrogen) atoms. The molecule has 0 spiro atoms. The molecule has 0 saturated carbocycles. The number of amides is 1. The van der Waals surface area contributed by atoms with E-state index in [0.717, 1.165) is 12.1 Å². The molecule has 4 atom stereocenters. The molecule has 6 nitrogen and oxygen atoms in total. The van der Waals surface area contributed by atoms with Gasteiger partial charge in [-0.2, -0.15) is 13.2 Å². The summed E-state index contributed by atoms with van der Waals surface area (Å²) in [6.07, 6.45) is -5.96. The number of aromatic nitrogens is 1. The molecule has 144 valence electrons. The van der Waals surface area contributed by atoms with Crippen molar-refractivity contribution in [2.45, 2.75) is 30.5 Å². The average Bonchev–Trinajstić information content (AvgIpc) is 3.34. The molecule has 0 unspecified atom stereocenters. The maximum Gasteiger partial charge on any atom is 0.416 e. The van der Waals surface area contributed by atoms with Crippen molar-refractivity contribution in [2.75, 3.05) is 13.2 Å². The van der Waals surface area contributed by atoms with E-state index in [1.54, 1.807) is 5.38 Å². The van der Waals surface area contributed by atoms with Crippen LogP contribution in [0.3, 0.4) is 0 Å². The van der Waals surface area contributed by atoms with E-state index in [-0.39, 0.29) is 18.9 Å². The molecular weight excluding hydrogens is 385 g/mol. The van der Waals surface area contributed by atoms with Gasteiger partial charge in [0.25, 0.3) is 5.91 Å². The van der Waals surface area contributed by atoms with E-state index < -0.39 is 42.0 Å². The van der Waals surface area contributed by atoms with Gasteiger partial charge in [-0.3, -0.25) is 4.79 Å². The smallest absolute Gasteiger partial charge is 0.388 e. The number of aliphatic hydroxyl groups excluding tert-OH is 1. The monoisotopic (exact) mass is 400 g/mol. The molecule has 3 heterocycles. The topological polar surface area (TPSA) is 80.7 Å². The third-order valence-electron chi connectivity index (χ3n) is 4.54. The van der Waals surface area contributed by atoms with Crippen molar-refractivity contribution < 1.29 is 32.5 Å². The third-order valence-corrected chi connectivity index (χ3v) is 5.43. The Morgan fingerprint density at radius 3 is 2.59 bits per heavy atom.